The van der Waals surface area contributed by atoms with E-state index in [-0.39, 0.29) is 0 Å². The molecular formula is C16H23N3. The highest BCUT2D eigenvalue weighted by atomic mass is 14.9. The number of anilines is 1. The molecule has 1 saturated carbocycles. The van der Waals surface area contributed by atoms with Crippen molar-refractivity contribution >= 4 is 5.69 Å². The molecule has 19 heavy (non-hydrogen) atoms. The Morgan fingerprint density at radius 2 is 2.21 bits per heavy atom. The zero-order chi connectivity index (χ0) is 13.8. The quantitative estimate of drug-likeness (QED) is 0.895. The van der Waals surface area contributed by atoms with Gasteiger partial charge in [-0.25, -0.2) is 0 Å². The third kappa shape index (κ3) is 3.47. The van der Waals surface area contributed by atoms with Crippen molar-refractivity contribution in [2.75, 3.05) is 11.9 Å². The van der Waals surface area contributed by atoms with Crippen molar-refractivity contribution in [1.29, 1.82) is 5.26 Å². The van der Waals surface area contributed by atoms with E-state index in [0.29, 0.717) is 5.56 Å². The van der Waals surface area contributed by atoms with E-state index in [9.17, 15) is 5.26 Å². The Labute approximate surface area is 116 Å². The molecule has 3 heteroatoms. The summed E-state index contributed by atoms with van der Waals surface area (Å²) in [6, 6.07) is 4.25. The van der Waals surface area contributed by atoms with Crippen molar-refractivity contribution in [1.82, 2.24) is 4.98 Å². The van der Waals surface area contributed by atoms with Crippen LogP contribution in [-0.2, 0) is 0 Å². The van der Waals surface area contributed by atoms with E-state index >= 15 is 0 Å². The highest BCUT2D eigenvalue weighted by Crippen LogP contribution is 2.29. The molecule has 0 aliphatic heterocycles. The minimum Gasteiger partial charge on any atom is -0.384 e. The third-order valence-electron chi connectivity index (χ3n) is 4.07. The Kier molecular flexibility index (Phi) is 4.42. The Morgan fingerprint density at radius 3 is 2.89 bits per heavy atom. The standard InChI is InChI=1S/C16H23N3/c1-11-5-4-6-14(7-11)10-18-16-8-12(2)19-13(3)15(16)9-17/h8,11,14H,4-7,10H2,1-3H3,(H,18,19). The van der Waals surface area contributed by atoms with Gasteiger partial charge in [-0.15, -0.1) is 0 Å². The minimum atomic E-state index is 0.689. The molecule has 1 aromatic heterocycles. The first-order valence-electron chi connectivity index (χ1n) is 7.22. The van der Waals surface area contributed by atoms with Gasteiger partial charge in [0.1, 0.15) is 6.07 Å². The number of nitrogens with zero attached hydrogens (tertiary/aromatic N) is 2. The summed E-state index contributed by atoms with van der Waals surface area (Å²) in [6.07, 6.45) is 5.32. The number of nitrogens with one attached hydrogen (secondary N) is 1. The zero-order valence-corrected chi connectivity index (χ0v) is 12.2. The van der Waals surface area contributed by atoms with Crippen LogP contribution in [0.4, 0.5) is 5.69 Å². The van der Waals surface area contributed by atoms with Gasteiger partial charge >= 0.3 is 0 Å². The summed E-state index contributed by atoms with van der Waals surface area (Å²) in [5, 5.41) is 12.7. The van der Waals surface area contributed by atoms with Gasteiger partial charge in [-0.2, -0.15) is 5.26 Å². The second-order valence-electron chi connectivity index (χ2n) is 5.90. The summed E-state index contributed by atoms with van der Waals surface area (Å²) in [5.41, 5.74) is 3.43. The van der Waals surface area contributed by atoms with Crippen LogP contribution in [0.1, 0.15) is 49.6 Å². The van der Waals surface area contributed by atoms with E-state index in [1.165, 1.54) is 25.7 Å². The zero-order valence-electron chi connectivity index (χ0n) is 12.2. The fourth-order valence-corrected chi connectivity index (χ4v) is 3.11. The third-order valence-corrected chi connectivity index (χ3v) is 4.07. The molecule has 3 nitrogen and oxygen atoms in total. The Hall–Kier alpha value is -1.56. The maximum atomic E-state index is 9.24. The monoisotopic (exact) mass is 257 g/mol. The van der Waals surface area contributed by atoms with E-state index in [0.717, 1.165) is 35.5 Å². The van der Waals surface area contributed by atoms with Gasteiger partial charge in [0.2, 0.25) is 0 Å². The second-order valence-corrected chi connectivity index (χ2v) is 5.90. The average Bonchev–Trinajstić information content (AvgIpc) is 2.36. The summed E-state index contributed by atoms with van der Waals surface area (Å²) in [7, 11) is 0. The fraction of sp³-hybridized carbons (Fsp3) is 0.625. The van der Waals surface area contributed by atoms with Gasteiger partial charge in [0.25, 0.3) is 0 Å². The molecule has 0 bridgehead atoms. The average molecular weight is 257 g/mol. The van der Waals surface area contributed by atoms with Crippen LogP contribution in [0.25, 0.3) is 0 Å². The molecule has 2 rings (SSSR count). The molecule has 102 valence electrons. The van der Waals surface area contributed by atoms with E-state index in [2.05, 4.69) is 23.3 Å². The summed E-state index contributed by atoms with van der Waals surface area (Å²) in [5.74, 6) is 1.58. The minimum absolute atomic E-state index is 0.689. The molecule has 1 heterocycles. The van der Waals surface area contributed by atoms with Crippen molar-refractivity contribution in [2.24, 2.45) is 11.8 Å². The van der Waals surface area contributed by atoms with Crippen molar-refractivity contribution in [3.8, 4) is 6.07 Å². The molecule has 1 N–H and O–H groups in total. The van der Waals surface area contributed by atoms with Crippen LogP contribution in [0.3, 0.4) is 0 Å². The predicted octanol–water partition coefficient (Wildman–Crippen LogP) is 3.81. The van der Waals surface area contributed by atoms with Crippen molar-refractivity contribution in [3.05, 3.63) is 23.0 Å². The van der Waals surface area contributed by atoms with Crippen LogP contribution in [-0.4, -0.2) is 11.5 Å². The fourth-order valence-electron chi connectivity index (χ4n) is 3.11. The maximum absolute atomic E-state index is 9.24. The van der Waals surface area contributed by atoms with Crippen LogP contribution in [0.15, 0.2) is 6.07 Å². The van der Waals surface area contributed by atoms with Crippen molar-refractivity contribution in [3.63, 3.8) is 0 Å². The Morgan fingerprint density at radius 1 is 1.42 bits per heavy atom. The molecule has 2 unspecified atom stereocenters. The summed E-state index contributed by atoms with van der Waals surface area (Å²) in [4.78, 5) is 4.35. The van der Waals surface area contributed by atoms with Crippen LogP contribution < -0.4 is 5.32 Å². The van der Waals surface area contributed by atoms with Gasteiger partial charge in [0.05, 0.1) is 16.9 Å². The first-order valence-corrected chi connectivity index (χ1v) is 7.22. The topological polar surface area (TPSA) is 48.7 Å². The molecule has 1 aliphatic rings. The summed E-state index contributed by atoms with van der Waals surface area (Å²) in [6.45, 7) is 7.19. The molecule has 0 amide bonds. The van der Waals surface area contributed by atoms with Crippen LogP contribution in [0.5, 0.6) is 0 Å². The number of pyridine rings is 1. The predicted molar refractivity (Wildman–Crippen MR) is 78.0 cm³/mol. The van der Waals surface area contributed by atoms with Gasteiger partial charge in [0, 0.05) is 12.2 Å². The molecule has 0 spiro atoms. The van der Waals surface area contributed by atoms with Crippen molar-refractivity contribution < 1.29 is 0 Å². The Balaban J connectivity index is 2.05. The molecular weight excluding hydrogens is 234 g/mol. The van der Waals surface area contributed by atoms with Gasteiger partial charge in [-0.3, -0.25) is 4.98 Å². The summed E-state index contributed by atoms with van der Waals surface area (Å²) >= 11 is 0. The van der Waals surface area contributed by atoms with Gasteiger partial charge < -0.3 is 5.32 Å². The van der Waals surface area contributed by atoms with Crippen molar-refractivity contribution in [2.45, 2.75) is 46.5 Å². The first kappa shape index (κ1) is 13.9. The number of hydrogen-bond acceptors (Lipinski definition) is 3. The highest BCUT2D eigenvalue weighted by Gasteiger charge is 2.19. The normalized spacial score (nSPS) is 22.8. The van der Waals surface area contributed by atoms with E-state index in [1.807, 2.05) is 19.9 Å². The van der Waals surface area contributed by atoms with Crippen LogP contribution >= 0.6 is 0 Å². The molecule has 1 aromatic rings. The molecule has 0 radical (unpaired) electrons. The van der Waals surface area contributed by atoms with E-state index < -0.39 is 0 Å². The maximum Gasteiger partial charge on any atom is 0.103 e. The number of hydrogen-bond donors (Lipinski definition) is 1. The lowest BCUT2D eigenvalue weighted by Gasteiger charge is -2.27. The molecule has 1 fully saturated rings. The smallest absolute Gasteiger partial charge is 0.103 e. The number of rotatable bonds is 3. The SMILES string of the molecule is Cc1cc(NCC2CCCC(C)C2)c(C#N)c(C)n1. The van der Waals surface area contributed by atoms with Crippen LogP contribution in [0.2, 0.25) is 0 Å². The second kappa shape index (κ2) is 6.06. The molecule has 0 saturated heterocycles. The lowest BCUT2D eigenvalue weighted by atomic mass is 9.82. The van der Waals surface area contributed by atoms with E-state index in [1.54, 1.807) is 0 Å². The van der Waals surface area contributed by atoms with E-state index in [4.69, 9.17) is 0 Å². The number of nitriles is 1. The summed E-state index contributed by atoms with van der Waals surface area (Å²) < 4.78 is 0. The van der Waals surface area contributed by atoms with Crippen LogP contribution in [0, 0.1) is 37.0 Å². The molecule has 0 aromatic carbocycles. The van der Waals surface area contributed by atoms with Gasteiger partial charge in [-0.05, 0) is 44.6 Å². The lowest BCUT2D eigenvalue weighted by Crippen LogP contribution is -2.21. The largest absolute Gasteiger partial charge is 0.384 e. The number of aromatic nitrogens is 1. The first-order chi connectivity index (χ1) is 9.10. The molecule has 1 aliphatic carbocycles. The highest BCUT2D eigenvalue weighted by molar-refractivity contribution is 5.59. The number of aryl methyl sites for hydroxylation is 2. The lowest BCUT2D eigenvalue weighted by molar-refractivity contribution is 0.293. The Bertz CT molecular complexity index is 488. The van der Waals surface area contributed by atoms with Gasteiger partial charge in [0.15, 0.2) is 0 Å². The van der Waals surface area contributed by atoms with Gasteiger partial charge in [-0.1, -0.05) is 19.8 Å². The molecule has 2 atom stereocenters.